The van der Waals surface area contributed by atoms with Crippen LogP contribution in [0.2, 0.25) is 5.02 Å². The number of nitrogens with one attached hydrogen (secondary N) is 1. The van der Waals surface area contributed by atoms with Gasteiger partial charge < -0.3 is 14.8 Å². The Bertz CT molecular complexity index is 874. The standard InChI is InChI=1S/C21H22ClNO5S/c1-27-15-7-5-6-14(12-15)19(24)13-28-21(26)18(10-11-29-2)23-20(25)16-8-3-4-9-17(16)22/h3-9,12,18H,10-11,13H2,1-2H3,(H,23,25). The second kappa shape index (κ2) is 11.5. The highest BCUT2D eigenvalue weighted by Crippen LogP contribution is 2.16. The quantitative estimate of drug-likeness (QED) is 0.453. The van der Waals surface area contributed by atoms with Crippen LogP contribution in [0.4, 0.5) is 0 Å². The summed E-state index contributed by atoms with van der Waals surface area (Å²) in [5.74, 6) is -0.342. The molecule has 2 aromatic rings. The summed E-state index contributed by atoms with van der Waals surface area (Å²) < 4.78 is 10.3. The Morgan fingerprint density at radius 2 is 1.90 bits per heavy atom. The monoisotopic (exact) mass is 435 g/mol. The Kier molecular flexibility index (Phi) is 9.02. The highest BCUT2D eigenvalue weighted by atomic mass is 35.5. The van der Waals surface area contributed by atoms with Gasteiger partial charge in [-0.15, -0.1) is 0 Å². The van der Waals surface area contributed by atoms with Gasteiger partial charge in [0.2, 0.25) is 0 Å². The molecule has 0 fully saturated rings. The van der Waals surface area contributed by atoms with Crippen LogP contribution in [0.15, 0.2) is 48.5 Å². The molecule has 154 valence electrons. The number of benzene rings is 2. The molecule has 1 N–H and O–H groups in total. The number of ether oxygens (including phenoxy) is 2. The molecule has 0 bridgehead atoms. The van der Waals surface area contributed by atoms with Gasteiger partial charge in [-0.2, -0.15) is 11.8 Å². The zero-order chi connectivity index (χ0) is 21.2. The number of carbonyl (C=O) groups is 3. The van der Waals surface area contributed by atoms with E-state index in [4.69, 9.17) is 21.1 Å². The lowest BCUT2D eigenvalue weighted by Gasteiger charge is -2.17. The van der Waals surface area contributed by atoms with Gasteiger partial charge in [0.1, 0.15) is 11.8 Å². The largest absolute Gasteiger partial charge is 0.497 e. The molecule has 0 saturated heterocycles. The van der Waals surface area contributed by atoms with Crippen molar-refractivity contribution in [3.8, 4) is 5.75 Å². The molecule has 6 nitrogen and oxygen atoms in total. The second-order valence-corrected chi connectivity index (χ2v) is 7.44. The van der Waals surface area contributed by atoms with Crippen molar-refractivity contribution in [3.63, 3.8) is 0 Å². The van der Waals surface area contributed by atoms with Crippen molar-refractivity contribution in [2.75, 3.05) is 25.7 Å². The van der Waals surface area contributed by atoms with E-state index < -0.39 is 24.5 Å². The Labute approximate surface area is 178 Å². The summed E-state index contributed by atoms with van der Waals surface area (Å²) in [5.41, 5.74) is 0.640. The summed E-state index contributed by atoms with van der Waals surface area (Å²) in [7, 11) is 1.50. The molecular formula is C21H22ClNO5S. The van der Waals surface area contributed by atoms with Gasteiger partial charge in [0.05, 0.1) is 17.7 Å². The van der Waals surface area contributed by atoms with E-state index >= 15 is 0 Å². The van der Waals surface area contributed by atoms with Gasteiger partial charge >= 0.3 is 5.97 Å². The van der Waals surface area contributed by atoms with E-state index in [0.717, 1.165) is 0 Å². The van der Waals surface area contributed by atoms with Gasteiger partial charge in [-0.3, -0.25) is 9.59 Å². The molecule has 0 aliphatic heterocycles. The molecule has 0 aromatic heterocycles. The predicted octanol–water partition coefficient (Wildman–Crippen LogP) is 3.63. The minimum atomic E-state index is -0.885. The van der Waals surface area contributed by atoms with E-state index in [0.29, 0.717) is 23.5 Å². The molecule has 0 spiro atoms. The van der Waals surface area contributed by atoms with Gasteiger partial charge in [0.15, 0.2) is 12.4 Å². The molecule has 0 saturated carbocycles. The van der Waals surface area contributed by atoms with Crippen LogP contribution >= 0.6 is 23.4 Å². The SMILES string of the molecule is COc1cccc(C(=O)COC(=O)C(CCSC)NC(=O)c2ccccc2Cl)c1. The predicted molar refractivity (Wildman–Crippen MR) is 114 cm³/mol. The zero-order valence-electron chi connectivity index (χ0n) is 16.1. The Balaban J connectivity index is 2.01. The molecule has 0 aliphatic rings. The molecule has 2 aromatic carbocycles. The second-order valence-electron chi connectivity index (χ2n) is 6.05. The molecule has 2 rings (SSSR count). The van der Waals surface area contributed by atoms with Crippen molar-refractivity contribution in [1.29, 1.82) is 0 Å². The molecule has 0 heterocycles. The first-order valence-corrected chi connectivity index (χ1v) is 10.6. The summed E-state index contributed by atoms with van der Waals surface area (Å²) in [6.07, 6.45) is 2.26. The van der Waals surface area contributed by atoms with Gasteiger partial charge in [0, 0.05) is 5.56 Å². The van der Waals surface area contributed by atoms with Crippen molar-refractivity contribution < 1.29 is 23.9 Å². The van der Waals surface area contributed by atoms with E-state index in [1.807, 2.05) is 6.26 Å². The zero-order valence-corrected chi connectivity index (χ0v) is 17.7. The van der Waals surface area contributed by atoms with Gasteiger partial charge in [-0.25, -0.2) is 4.79 Å². The minimum absolute atomic E-state index is 0.267. The topological polar surface area (TPSA) is 81.7 Å². The number of Topliss-reactive ketones (excluding diaryl/α,β-unsaturated/α-hetero) is 1. The Morgan fingerprint density at radius 1 is 1.14 bits per heavy atom. The number of methoxy groups -OCH3 is 1. The van der Waals surface area contributed by atoms with Crippen molar-refractivity contribution in [2.45, 2.75) is 12.5 Å². The van der Waals surface area contributed by atoms with E-state index in [1.165, 1.54) is 18.9 Å². The van der Waals surface area contributed by atoms with Crippen LogP contribution in [0.1, 0.15) is 27.1 Å². The maximum absolute atomic E-state index is 12.5. The number of rotatable bonds is 10. The number of ketones is 1. The number of halogens is 1. The average Bonchev–Trinajstić information content (AvgIpc) is 2.74. The van der Waals surface area contributed by atoms with Crippen LogP contribution in [-0.4, -0.2) is 49.4 Å². The van der Waals surface area contributed by atoms with E-state index in [1.54, 1.807) is 48.5 Å². The molecule has 1 amide bonds. The van der Waals surface area contributed by atoms with Gasteiger partial charge in [-0.1, -0.05) is 35.9 Å². The molecular weight excluding hydrogens is 414 g/mol. The summed E-state index contributed by atoms with van der Waals surface area (Å²) in [6.45, 7) is -0.427. The molecule has 1 unspecified atom stereocenters. The summed E-state index contributed by atoms with van der Waals surface area (Å²) >= 11 is 7.58. The van der Waals surface area contributed by atoms with Gasteiger partial charge in [0.25, 0.3) is 5.91 Å². The number of carbonyl (C=O) groups excluding carboxylic acids is 3. The third kappa shape index (κ3) is 6.80. The highest BCUT2D eigenvalue weighted by Gasteiger charge is 2.24. The van der Waals surface area contributed by atoms with Crippen LogP contribution in [0.25, 0.3) is 0 Å². The number of hydrogen-bond acceptors (Lipinski definition) is 6. The number of thioether (sulfide) groups is 1. The van der Waals surface area contributed by atoms with Crippen molar-refractivity contribution >= 4 is 41.0 Å². The first-order chi connectivity index (χ1) is 14.0. The highest BCUT2D eigenvalue weighted by molar-refractivity contribution is 7.98. The van der Waals surface area contributed by atoms with Crippen LogP contribution < -0.4 is 10.1 Å². The summed E-state index contributed by atoms with van der Waals surface area (Å²) in [6, 6.07) is 12.3. The fraction of sp³-hybridized carbons (Fsp3) is 0.286. The van der Waals surface area contributed by atoms with Crippen molar-refractivity contribution in [1.82, 2.24) is 5.32 Å². The molecule has 1 atom stereocenters. The maximum atomic E-state index is 12.5. The normalized spacial score (nSPS) is 11.4. The van der Waals surface area contributed by atoms with E-state index in [-0.39, 0.29) is 16.4 Å². The lowest BCUT2D eigenvalue weighted by atomic mass is 10.1. The summed E-state index contributed by atoms with van der Waals surface area (Å²) in [5, 5.41) is 2.94. The van der Waals surface area contributed by atoms with Crippen LogP contribution in [0.5, 0.6) is 5.75 Å². The smallest absolute Gasteiger partial charge is 0.329 e. The lowest BCUT2D eigenvalue weighted by Crippen LogP contribution is -2.42. The van der Waals surface area contributed by atoms with E-state index in [2.05, 4.69) is 5.32 Å². The van der Waals surface area contributed by atoms with Crippen LogP contribution in [-0.2, 0) is 9.53 Å². The van der Waals surface area contributed by atoms with Crippen LogP contribution in [0.3, 0.4) is 0 Å². The third-order valence-corrected chi connectivity index (χ3v) is 5.03. The third-order valence-electron chi connectivity index (χ3n) is 4.06. The average molecular weight is 436 g/mol. The first kappa shape index (κ1) is 22.8. The first-order valence-electron chi connectivity index (χ1n) is 8.84. The van der Waals surface area contributed by atoms with Gasteiger partial charge in [-0.05, 0) is 42.7 Å². The van der Waals surface area contributed by atoms with Crippen molar-refractivity contribution in [2.24, 2.45) is 0 Å². The molecule has 0 radical (unpaired) electrons. The fourth-order valence-electron chi connectivity index (χ4n) is 2.48. The maximum Gasteiger partial charge on any atom is 0.329 e. The Hall–Kier alpha value is -2.51. The molecule has 0 aliphatic carbocycles. The van der Waals surface area contributed by atoms with E-state index in [9.17, 15) is 14.4 Å². The molecule has 8 heteroatoms. The fourth-order valence-corrected chi connectivity index (χ4v) is 3.18. The molecule has 29 heavy (non-hydrogen) atoms. The number of hydrogen-bond donors (Lipinski definition) is 1. The van der Waals surface area contributed by atoms with Crippen molar-refractivity contribution in [3.05, 3.63) is 64.7 Å². The lowest BCUT2D eigenvalue weighted by molar-refractivity contribution is -0.144. The number of esters is 1. The van der Waals surface area contributed by atoms with Crippen LogP contribution in [0, 0.1) is 0 Å². The summed E-state index contributed by atoms with van der Waals surface area (Å²) in [4.78, 5) is 37.3. The minimum Gasteiger partial charge on any atom is -0.497 e. The number of amides is 1. The Morgan fingerprint density at radius 3 is 2.59 bits per heavy atom.